The van der Waals surface area contributed by atoms with Crippen molar-refractivity contribution < 1.29 is 9.53 Å². The molecular weight excluding hydrogens is 368 g/mol. The first-order chi connectivity index (χ1) is 14.1. The van der Waals surface area contributed by atoms with E-state index in [2.05, 4.69) is 37.2 Å². The van der Waals surface area contributed by atoms with E-state index in [1.54, 1.807) is 19.5 Å². The van der Waals surface area contributed by atoms with Crippen LogP contribution in [0.25, 0.3) is 0 Å². The third kappa shape index (κ3) is 5.80. The van der Waals surface area contributed by atoms with Gasteiger partial charge < -0.3 is 24.8 Å². The van der Waals surface area contributed by atoms with Crippen LogP contribution in [-0.2, 0) is 0 Å². The normalized spacial score (nSPS) is 14.2. The number of carbonyl (C=O) groups excluding carboxylic acids is 1. The van der Waals surface area contributed by atoms with E-state index < -0.39 is 0 Å². The number of aromatic nitrogens is 2. The highest BCUT2D eigenvalue weighted by Crippen LogP contribution is 2.21. The van der Waals surface area contributed by atoms with E-state index in [-0.39, 0.29) is 5.91 Å². The first-order valence-electron chi connectivity index (χ1n) is 9.96. The molecule has 1 amide bonds. The standard InChI is InChI=1S/C21H30N6O2/c1-25(2)10-4-9-22-21-23-15-17(16-24-21)20(28)27-13-11-26(12-14-27)18-5-7-19(29-3)8-6-18/h5-8,15-16H,4,9-14H2,1-3H3,(H,22,23,24). The van der Waals surface area contributed by atoms with Crippen LogP contribution in [0.4, 0.5) is 11.6 Å². The Kier molecular flexibility index (Phi) is 7.24. The van der Waals surface area contributed by atoms with Gasteiger partial charge in [0.05, 0.1) is 12.7 Å². The number of nitrogens with one attached hydrogen (secondary N) is 1. The van der Waals surface area contributed by atoms with Gasteiger partial charge in [-0.1, -0.05) is 0 Å². The summed E-state index contributed by atoms with van der Waals surface area (Å²) in [7, 11) is 5.76. The molecule has 2 heterocycles. The van der Waals surface area contributed by atoms with Crippen LogP contribution >= 0.6 is 0 Å². The average Bonchev–Trinajstić information content (AvgIpc) is 2.77. The number of hydrogen-bond acceptors (Lipinski definition) is 7. The van der Waals surface area contributed by atoms with E-state index in [1.165, 1.54) is 0 Å². The molecule has 1 N–H and O–H groups in total. The molecule has 0 unspecified atom stereocenters. The maximum atomic E-state index is 12.8. The van der Waals surface area contributed by atoms with Crippen LogP contribution in [0.2, 0.25) is 0 Å². The van der Waals surface area contributed by atoms with Crippen LogP contribution in [-0.4, -0.2) is 86.1 Å². The van der Waals surface area contributed by atoms with E-state index in [9.17, 15) is 4.79 Å². The molecule has 0 spiro atoms. The molecule has 0 aliphatic carbocycles. The molecule has 1 aromatic carbocycles. The van der Waals surface area contributed by atoms with Crippen molar-refractivity contribution in [2.45, 2.75) is 6.42 Å². The smallest absolute Gasteiger partial charge is 0.257 e. The number of benzene rings is 1. The van der Waals surface area contributed by atoms with Crippen molar-refractivity contribution >= 4 is 17.5 Å². The summed E-state index contributed by atoms with van der Waals surface area (Å²) in [6.07, 6.45) is 4.23. The topological polar surface area (TPSA) is 73.8 Å². The largest absolute Gasteiger partial charge is 0.497 e. The number of nitrogens with zero attached hydrogens (tertiary/aromatic N) is 5. The summed E-state index contributed by atoms with van der Waals surface area (Å²) in [5.74, 6) is 1.39. The molecule has 1 fully saturated rings. The van der Waals surface area contributed by atoms with Crippen molar-refractivity contribution in [2.24, 2.45) is 0 Å². The van der Waals surface area contributed by atoms with E-state index in [0.29, 0.717) is 24.6 Å². The van der Waals surface area contributed by atoms with Gasteiger partial charge in [0.1, 0.15) is 5.75 Å². The Bertz CT molecular complexity index is 771. The van der Waals surface area contributed by atoms with Crippen molar-refractivity contribution in [3.05, 3.63) is 42.2 Å². The van der Waals surface area contributed by atoms with Gasteiger partial charge in [-0.2, -0.15) is 0 Å². The fourth-order valence-electron chi connectivity index (χ4n) is 3.27. The molecule has 3 rings (SSSR count). The Morgan fingerprint density at radius 3 is 2.34 bits per heavy atom. The van der Waals surface area contributed by atoms with Crippen molar-refractivity contribution in [1.29, 1.82) is 0 Å². The number of piperazine rings is 1. The lowest BCUT2D eigenvalue weighted by Crippen LogP contribution is -2.48. The molecule has 0 atom stereocenters. The molecule has 1 aromatic heterocycles. The highest BCUT2D eigenvalue weighted by Gasteiger charge is 2.22. The monoisotopic (exact) mass is 398 g/mol. The predicted molar refractivity (Wildman–Crippen MR) is 115 cm³/mol. The van der Waals surface area contributed by atoms with Crippen LogP contribution in [0.15, 0.2) is 36.7 Å². The summed E-state index contributed by atoms with van der Waals surface area (Å²) in [6, 6.07) is 8.02. The summed E-state index contributed by atoms with van der Waals surface area (Å²) in [6.45, 7) is 4.75. The molecule has 8 heteroatoms. The van der Waals surface area contributed by atoms with Gasteiger partial charge in [-0.05, 0) is 51.3 Å². The molecule has 0 saturated carbocycles. The SMILES string of the molecule is COc1ccc(N2CCN(C(=O)c3cnc(NCCCN(C)C)nc3)CC2)cc1. The number of hydrogen-bond donors (Lipinski definition) is 1. The second-order valence-electron chi connectivity index (χ2n) is 7.36. The minimum Gasteiger partial charge on any atom is -0.497 e. The van der Waals surface area contributed by atoms with Crippen LogP contribution in [0.1, 0.15) is 16.8 Å². The first kappa shape index (κ1) is 20.9. The molecular formula is C21H30N6O2. The number of carbonyl (C=O) groups is 1. The van der Waals surface area contributed by atoms with Gasteiger partial charge in [-0.25, -0.2) is 9.97 Å². The first-order valence-corrected chi connectivity index (χ1v) is 9.96. The highest BCUT2D eigenvalue weighted by molar-refractivity contribution is 5.93. The highest BCUT2D eigenvalue weighted by atomic mass is 16.5. The van der Waals surface area contributed by atoms with Crippen molar-refractivity contribution in [1.82, 2.24) is 19.8 Å². The zero-order valence-corrected chi connectivity index (χ0v) is 17.5. The second-order valence-corrected chi connectivity index (χ2v) is 7.36. The van der Waals surface area contributed by atoms with Gasteiger partial charge >= 0.3 is 0 Å². The van der Waals surface area contributed by atoms with Gasteiger partial charge in [0.15, 0.2) is 0 Å². The second kappa shape index (κ2) is 10.1. The fraction of sp³-hybridized carbons (Fsp3) is 0.476. The van der Waals surface area contributed by atoms with Crippen molar-refractivity contribution in [2.75, 3.05) is 70.7 Å². The third-order valence-electron chi connectivity index (χ3n) is 4.97. The maximum absolute atomic E-state index is 12.8. The van der Waals surface area contributed by atoms with Gasteiger partial charge in [0, 0.05) is 50.8 Å². The molecule has 1 saturated heterocycles. The summed E-state index contributed by atoms with van der Waals surface area (Å²) in [5.41, 5.74) is 1.67. The minimum absolute atomic E-state index is 0.0152. The Balaban J connectivity index is 1.48. The molecule has 8 nitrogen and oxygen atoms in total. The molecule has 1 aliphatic heterocycles. The number of amides is 1. The lowest BCUT2D eigenvalue weighted by atomic mass is 10.2. The van der Waals surface area contributed by atoms with Crippen LogP contribution in [0.5, 0.6) is 5.75 Å². The van der Waals surface area contributed by atoms with Gasteiger partial charge in [0.2, 0.25) is 5.95 Å². The van der Waals surface area contributed by atoms with Crippen LogP contribution in [0.3, 0.4) is 0 Å². The zero-order chi connectivity index (χ0) is 20.6. The fourth-order valence-corrected chi connectivity index (χ4v) is 3.27. The Morgan fingerprint density at radius 1 is 1.10 bits per heavy atom. The van der Waals surface area contributed by atoms with Gasteiger partial charge in [-0.3, -0.25) is 4.79 Å². The number of methoxy groups -OCH3 is 1. The summed E-state index contributed by atoms with van der Waals surface area (Å²) >= 11 is 0. The quantitative estimate of drug-likeness (QED) is 0.680. The Morgan fingerprint density at radius 2 is 1.76 bits per heavy atom. The third-order valence-corrected chi connectivity index (χ3v) is 4.97. The summed E-state index contributed by atoms with van der Waals surface area (Å²) in [5, 5.41) is 3.19. The predicted octanol–water partition coefficient (Wildman–Crippen LogP) is 1.81. The summed E-state index contributed by atoms with van der Waals surface area (Å²) in [4.78, 5) is 27.6. The molecule has 1 aliphatic rings. The van der Waals surface area contributed by atoms with E-state index in [1.807, 2.05) is 31.1 Å². The molecule has 156 valence electrons. The van der Waals surface area contributed by atoms with Crippen molar-refractivity contribution in [3.63, 3.8) is 0 Å². The average molecular weight is 399 g/mol. The van der Waals surface area contributed by atoms with E-state index >= 15 is 0 Å². The van der Waals surface area contributed by atoms with Crippen molar-refractivity contribution in [3.8, 4) is 5.75 Å². The molecule has 29 heavy (non-hydrogen) atoms. The van der Waals surface area contributed by atoms with E-state index in [4.69, 9.17) is 4.74 Å². The maximum Gasteiger partial charge on any atom is 0.257 e. The molecule has 0 radical (unpaired) electrons. The van der Waals surface area contributed by atoms with E-state index in [0.717, 1.165) is 44.0 Å². The molecule has 2 aromatic rings. The minimum atomic E-state index is -0.0152. The Labute approximate surface area is 172 Å². The number of rotatable bonds is 8. The lowest BCUT2D eigenvalue weighted by Gasteiger charge is -2.36. The summed E-state index contributed by atoms with van der Waals surface area (Å²) < 4.78 is 5.21. The Hall–Kier alpha value is -2.87. The molecule has 0 bridgehead atoms. The lowest BCUT2D eigenvalue weighted by molar-refractivity contribution is 0.0746. The van der Waals surface area contributed by atoms with Gasteiger partial charge in [-0.15, -0.1) is 0 Å². The van der Waals surface area contributed by atoms with Crippen LogP contribution in [0, 0.1) is 0 Å². The van der Waals surface area contributed by atoms with Crippen LogP contribution < -0.4 is 15.0 Å². The number of ether oxygens (including phenoxy) is 1. The zero-order valence-electron chi connectivity index (χ0n) is 17.5. The number of anilines is 2. The van der Waals surface area contributed by atoms with Gasteiger partial charge in [0.25, 0.3) is 5.91 Å².